The van der Waals surface area contributed by atoms with Crippen molar-refractivity contribution < 1.29 is 14.7 Å². The lowest BCUT2D eigenvalue weighted by Gasteiger charge is -2.13. The normalized spacial score (nSPS) is 22.4. The van der Waals surface area contributed by atoms with Crippen LogP contribution in [0.25, 0.3) is 0 Å². The Morgan fingerprint density at radius 3 is 2.71 bits per heavy atom. The maximum Gasteiger partial charge on any atom is 0.303 e. The van der Waals surface area contributed by atoms with Gasteiger partial charge in [-0.15, -0.1) is 0 Å². The standard InChI is InChI=1S/C12H22N2O3/c1-9(6-12(16)17)5-11(15)13-7-10-3-4-14(2)8-10/h9-10H,3-8H2,1-2H3,(H,13,15)(H,16,17). The highest BCUT2D eigenvalue weighted by atomic mass is 16.4. The van der Waals surface area contributed by atoms with E-state index in [2.05, 4.69) is 17.3 Å². The van der Waals surface area contributed by atoms with Crippen molar-refractivity contribution in [1.29, 1.82) is 0 Å². The Balaban J connectivity index is 2.14. The Bertz CT molecular complexity index is 281. The summed E-state index contributed by atoms with van der Waals surface area (Å²) < 4.78 is 0. The summed E-state index contributed by atoms with van der Waals surface area (Å²) in [6, 6.07) is 0. The number of carboxylic acids is 1. The second-order valence-corrected chi connectivity index (χ2v) is 5.13. The van der Waals surface area contributed by atoms with E-state index in [4.69, 9.17) is 5.11 Å². The Morgan fingerprint density at radius 1 is 1.47 bits per heavy atom. The van der Waals surface area contributed by atoms with Crippen molar-refractivity contribution in [1.82, 2.24) is 10.2 Å². The van der Waals surface area contributed by atoms with Gasteiger partial charge in [0.1, 0.15) is 0 Å². The average molecular weight is 242 g/mol. The van der Waals surface area contributed by atoms with Gasteiger partial charge in [0.05, 0.1) is 0 Å². The molecule has 0 aromatic rings. The molecule has 0 aromatic carbocycles. The molecule has 1 aliphatic heterocycles. The van der Waals surface area contributed by atoms with Gasteiger partial charge in [-0.1, -0.05) is 6.92 Å². The zero-order chi connectivity index (χ0) is 12.8. The van der Waals surface area contributed by atoms with Crippen LogP contribution in [0.2, 0.25) is 0 Å². The zero-order valence-corrected chi connectivity index (χ0v) is 10.6. The minimum Gasteiger partial charge on any atom is -0.481 e. The van der Waals surface area contributed by atoms with E-state index in [1.54, 1.807) is 6.92 Å². The lowest BCUT2D eigenvalue weighted by molar-refractivity contribution is -0.138. The highest BCUT2D eigenvalue weighted by Gasteiger charge is 2.20. The number of carbonyl (C=O) groups is 2. The van der Waals surface area contributed by atoms with Gasteiger partial charge in [-0.3, -0.25) is 9.59 Å². The van der Waals surface area contributed by atoms with Gasteiger partial charge in [-0.05, 0) is 31.8 Å². The summed E-state index contributed by atoms with van der Waals surface area (Å²) >= 11 is 0. The Kier molecular flexibility index (Phi) is 5.41. The van der Waals surface area contributed by atoms with Crippen LogP contribution in [0.15, 0.2) is 0 Å². The fraction of sp³-hybridized carbons (Fsp3) is 0.833. The van der Waals surface area contributed by atoms with E-state index in [-0.39, 0.29) is 18.2 Å². The molecular formula is C12H22N2O3. The molecule has 0 saturated carbocycles. The first-order valence-electron chi connectivity index (χ1n) is 6.14. The van der Waals surface area contributed by atoms with Crippen LogP contribution in [0.3, 0.4) is 0 Å². The Morgan fingerprint density at radius 2 is 2.18 bits per heavy atom. The third-order valence-electron chi connectivity index (χ3n) is 3.13. The van der Waals surface area contributed by atoms with E-state index in [0.29, 0.717) is 18.9 Å². The fourth-order valence-corrected chi connectivity index (χ4v) is 2.21. The van der Waals surface area contributed by atoms with Crippen LogP contribution in [0, 0.1) is 11.8 Å². The molecule has 2 N–H and O–H groups in total. The molecule has 0 spiro atoms. The van der Waals surface area contributed by atoms with E-state index in [1.807, 2.05) is 0 Å². The molecule has 1 saturated heterocycles. The number of likely N-dealkylation sites (tertiary alicyclic amines) is 1. The average Bonchev–Trinajstić information content (AvgIpc) is 2.59. The van der Waals surface area contributed by atoms with Crippen LogP contribution < -0.4 is 5.32 Å². The molecule has 1 rings (SSSR count). The van der Waals surface area contributed by atoms with Crippen molar-refractivity contribution in [2.75, 3.05) is 26.7 Å². The fourth-order valence-electron chi connectivity index (χ4n) is 2.21. The molecule has 1 heterocycles. The molecule has 5 nitrogen and oxygen atoms in total. The Labute approximate surface area is 102 Å². The largest absolute Gasteiger partial charge is 0.481 e. The summed E-state index contributed by atoms with van der Waals surface area (Å²) in [7, 11) is 2.08. The molecule has 17 heavy (non-hydrogen) atoms. The third kappa shape index (κ3) is 5.68. The lowest BCUT2D eigenvalue weighted by Crippen LogP contribution is -2.31. The lowest BCUT2D eigenvalue weighted by atomic mass is 10.0. The summed E-state index contributed by atoms with van der Waals surface area (Å²) in [4.78, 5) is 24.3. The zero-order valence-electron chi connectivity index (χ0n) is 10.6. The number of aliphatic carboxylic acids is 1. The van der Waals surface area contributed by atoms with Gasteiger partial charge >= 0.3 is 5.97 Å². The predicted octanol–water partition coefficient (Wildman–Crippen LogP) is 0.555. The van der Waals surface area contributed by atoms with E-state index in [9.17, 15) is 9.59 Å². The number of amides is 1. The van der Waals surface area contributed by atoms with Gasteiger partial charge in [0.2, 0.25) is 5.91 Å². The minimum absolute atomic E-state index is 0.0340. The number of rotatable bonds is 6. The van der Waals surface area contributed by atoms with Gasteiger partial charge in [-0.25, -0.2) is 0 Å². The number of carboxylic acid groups (broad SMARTS) is 1. The van der Waals surface area contributed by atoms with Gasteiger partial charge in [0, 0.05) is 25.9 Å². The monoisotopic (exact) mass is 242 g/mol. The molecule has 0 aromatic heterocycles. The van der Waals surface area contributed by atoms with Crippen LogP contribution in [0.4, 0.5) is 0 Å². The molecule has 1 aliphatic rings. The second kappa shape index (κ2) is 6.59. The van der Waals surface area contributed by atoms with E-state index < -0.39 is 5.97 Å². The quantitative estimate of drug-likeness (QED) is 0.714. The summed E-state index contributed by atoms with van der Waals surface area (Å²) in [6.45, 7) is 4.63. The van der Waals surface area contributed by atoms with Crippen molar-refractivity contribution in [2.45, 2.75) is 26.2 Å². The van der Waals surface area contributed by atoms with E-state index >= 15 is 0 Å². The predicted molar refractivity (Wildman–Crippen MR) is 64.6 cm³/mol. The molecule has 2 atom stereocenters. The highest BCUT2D eigenvalue weighted by molar-refractivity contribution is 5.77. The molecule has 5 heteroatoms. The van der Waals surface area contributed by atoms with Crippen LogP contribution in [0.5, 0.6) is 0 Å². The molecule has 1 fully saturated rings. The van der Waals surface area contributed by atoms with E-state index in [1.165, 1.54) is 0 Å². The highest BCUT2D eigenvalue weighted by Crippen LogP contribution is 2.13. The molecule has 0 bridgehead atoms. The maximum atomic E-state index is 11.6. The van der Waals surface area contributed by atoms with Gasteiger partial charge in [0.15, 0.2) is 0 Å². The van der Waals surface area contributed by atoms with Crippen LogP contribution in [-0.4, -0.2) is 48.6 Å². The van der Waals surface area contributed by atoms with Crippen molar-refractivity contribution in [3.63, 3.8) is 0 Å². The topological polar surface area (TPSA) is 69.6 Å². The summed E-state index contributed by atoms with van der Waals surface area (Å²) in [5.41, 5.74) is 0. The second-order valence-electron chi connectivity index (χ2n) is 5.13. The smallest absolute Gasteiger partial charge is 0.303 e. The first kappa shape index (κ1) is 14.0. The van der Waals surface area contributed by atoms with Crippen LogP contribution >= 0.6 is 0 Å². The maximum absolute atomic E-state index is 11.6. The van der Waals surface area contributed by atoms with Crippen molar-refractivity contribution in [3.8, 4) is 0 Å². The first-order valence-corrected chi connectivity index (χ1v) is 6.14. The number of nitrogens with zero attached hydrogens (tertiary/aromatic N) is 1. The molecule has 98 valence electrons. The molecule has 2 unspecified atom stereocenters. The molecule has 1 amide bonds. The number of nitrogens with one attached hydrogen (secondary N) is 1. The van der Waals surface area contributed by atoms with Crippen molar-refractivity contribution in [2.24, 2.45) is 11.8 Å². The number of hydrogen-bond donors (Lipinski definition) is 2. The summed E-state index contributed by atoms with van der Waals surface area (Å²) in [5.74, 6) is -0.437. The van der Waals surface area contributed by atoms with Crippen molar-refractivity contribution in [3.05, 3.63) is 0 Å². The van der Waals surface area contributed by atoms with Crippen molar-refractivity contribution >= 4 is 11.9 Å². The first-order chi connectivity index (χ1) is 7.97. The van der Waals surface area contributed by atoms with Gasteiger partial charge in [0.25, 0.3) is 0 Å². The number of hydrogen-bond acceptors (Lipinski definition) is 3. The molecule has 0 aliphatic carbocycles. The molecular weight excluding hydrogens is 220 g/mol. The third-order valence-corrected chi connectivity index (χ3v) is 3.13. The SMILES string of the molecule is CC(CC(=O)O)CC(=O)NCC1CCN(C)C1. The molecule has 0 radical (unpaired) electrons. The van der Waals surface area contributed by atoms with Gasteiger partial charge < -0.3 is 15.3 Å². The Hall–Kier alpha value is -1.10. The summed E-state index contributed by atoms with van der Waals surface area (Å²) in [5, 5.41) is 11.5. The number of carbonyl (C=O) groups excluding carboxylic acids is 1. The summed E-state index contributed by atoms with van der Waals surface area (Å²) in [6.07, 6.45) is 1.48. The van der Waals surface area contributed by atoms with Crippen LogP contribution in [-0.2, 0) is 9.59 Å². The minimum atomic E-state index is -0.845. The van der Waals surface area contributed by atoms with Crippen LogP contribution in [0.1, 0.15) is 26.2 Å². The van der Waals surface area contributed by atoms with E-state index in [0.717, 1.165) is 19.5 Å². The van der Waals surface area contributed by atoms with Gasteiger partial charge in [-0.2, -0.15) is 0 Å².